The minimum Gasteiger partial charge on any atom is -0.360 e. The molecule has 2 amide bonds. The van der Waals surface area contributed by atoms with Crippen molar-refractivity contribution in [3.63, 3.8) is 0 Å². The number of likely N-dealkylation sites (tertiary alicyclic amines) is 1. The fraction of sp³-hybridized carbons (Fsp3) is 0.450. The lowest BCUT2D eigenvalue weighted by atomic mass is 9.95. The number of aromatic nitrogens is 1. The van der Waals surface area contributed by atoms with E-state index in [0.717, 1.165) is 0 Å². The minimum absolute atomic E-state index is 0.0184. The summed E-state index contributed by atoms with van der Waals surface area (Å²) in [4.78, 5) is 26.9. The molecular weight excluding hydrogens is 349 g/mol. The molecule has 1 saturated heterocycles. The van der Waals surface area contributed by atoms with Gasteiger partial charge in [-0.1, -0.05) is 23.4 Å². The molecule has 2 fully saturated rings. The van der Waals surface area contributed by atoms with Gasteiger partial charge in [-0.3, -0.25) is 9.59 Å². The van der Waals surface area contributed by atoms with E-state index in [1.165, 1.54) is 6.07 Å². The highest BCUT2D eigenvalue weighted by molar-refractivity contribution is 5.92. The first-order valence-corrected chi connectivity index (χ1v) is 9.30. The van der Waals surface area contributed by atoms with Crippen LogP contribution in [0.2, 0.25) is 0 Å². The smallest absolute Gasteiger partial charge is 0.228 e. The summed E-state index contributed by atoms with van der Waals surface area (Å²) in [6.45, 7) is 2.86. The van der Waals surface area contributed by atoms with E-state index in [9.17, 15) is 14.0 Å². The SMILES string of the molecule is Cc1cc(NC(=O)C2CCN(C(=O)C3CC3c3ccccc3F)CC2)no1. The van der Waals surface area contributed by atoms with E-state index in [2.05, 4.69) is 10.5 Å². The zero-order chi connectivity index (χ0) is 19.0. The van der Waals surface area contributed by atoms with Crippen LogP contribution in [0.3, 0.4) is 0 Å². The Morgan fingerprint density at radius 2 is 2.00 bits per heavy atom. The van der Waals surface area contributed by atoms with Crippen LogP contribution in [0, 0.1) is 24.6 Å². The molecule has 4 rings (SSSR count). The summed E-state index contributed by atoms with van der Waals surface area (Å²) in [5, 5.41) is 6.52. The van der Waals surface area contributed by atoms with Gasteiger partial charge >= 0.3 is 0 Å². The van der Waals surface area contributed by atoms with Crippen LogP contribution in [-0.2, 0) is 9.59 Å². The van der Waals surface area contributed by atoms with Crippen LogP contribution in [-0.4, -0.2) is 35.0 Å². The van der Waals surface area contributed by atoms with Crippen molar-refractivity contribution in [3.05, 3.63) is 47.5 Å². The lowest BCUT2D eigenvalue weighted by molar-refractivity contribution is -0.135. The average molecular weight is 371 g/mol. The summed E-state index contributed by atoms with van der Waals surface area (Å²) < 4.78 is 18.8. The van der Waals surface area contributed by atoms with Gasteiger partial charge in [-0.25, -0.2) is 4.39 Å². The Bertz CT molecular complexity index is 858. The zero-order valence-corrected chi connectivity index (χ0v) is 15.2. The molecule has 1 aliphatic heterocycles. The van der Waals surface area contributed by atoms with Crippen molar-refractivity contribution in [1.29, 1.82) is 0 Å². The number of carbonyl (C=O) groups excluding carboxylic acids is 2. The number of hydrogen-bond acceptors (Lipinski definition) is 4. The van der Waals surface area contributed by atoms with Gasteiger partial charge in [0.1, 0.15) is 11.6 Å². The van der Waals surface area contributed by atoms with Gasteiger partial charge in [-0.2, -0.15) is 0 Å². The monoisotopic (exact) mass is 371 g/mol. The molecule has 1 aromatic heterocycles. The Hall–Kier alpha value is -2.70. The molecule has 27 heavy (non-hydrogen) atoms. The van der Waals surface area contributed by atoms with Gasteiger partial charge in [-0.15, -0.1) is 0 Å². The van der Waals surface area contributed by atoms with E-state index in [1.807, 2.05) is 4.90 Å². The van der Waals surface area contributed by atoms with E-state index in [0.29, 0.717) is 49.5 Å². The molecular formula is C20H22FN3O3. The maximum atomic E-state index is 13.9. The number of amides is 2. The molecule has 0 bridgehead atoms. The van der Waals surface area contributed by atoms with Crippen molar-refractivity contribution in [2.24, 2.45) is 11.8 Å². The molecule has 2 atom stereocenters. The molecule has 1 aliphatic carbocycles. The fourth-order valence-electron chi connectivity index (χ4n) is 3.84. The number of aryl methyl sites for hydroxylation is 1. The van der Waals surface area contributed by atoms with Crippen LogP contribution in [0.5, 0.6) is 0 Å². The molecule has 2 heterocycles. The van der Waals surface area contributed by atoms with E-state index < -0.39 is 0 Å². The number of benzene rings is 1. The van der Waals surface area contributed by atoms with Gasteiger partial charge in [-0.05, 0) is 43.7 Å². The number of nitrogens with zero attached hydrogens (tertiary/aromatic N) is 2. The normalized spacial score (nSPS) is 22.5. The Balaban J connectivity index is 1.29. The molecule has 142 valence electrons. The van der Waals surface area contributed by atoms with Crippen molar-refractivity contribution in [1.82, 2.24) is 10.1 Å². The first-order valence-electron chi connectivity index (χ1n) is 9.30. The quantitative estimate of drug-likeness (QED) is 0.896. The van der Waals surface area contributed by atoms with Gasteiger partial charge in [0.15, 0.2) is 5.82 Å². The Kier molecular flexibility index (Phi) is 4.68. The third-order valence-corrected chi connectivity index (χ3v) is 5.47. The highest BCUT2D eigenvalue weighted by Crippen LogP contribution is 2.49. The van der Waals surface area contributed by atoms with Crippen LogP contribution in [0.25, 0.3) is 0 Å². The topological polar surface area (TPSA) is 75.4 Å². The molecule has 2 aromatic rings. The first-order chi connectivity index (χ1) is 13.0. The second kappa shape index (κ2) is 7.13. The summed E-state index contributed by atoms with van der Waals surface area (Å²) in [5.74, 6) is 0.506. The van der Waals surface area contributed by atoms with Crippen LogP contribution >= 0.6 is 0 Å². The van der Waals surface area contributed by atoms with E-state index in [-0.39, 0.29) is 35.4 Å². The van der Waals surface area contributed by atoms with Gasteiger partial charge in [0, 0.05) is 31.0 Å². The van der Waals surface area contributed by atoms with Gasteiger partial charge in [0.2, 0.25) is 11.8 Å². The molecule has 2 aliphatic rings. The third-order valence-electron chi connectivity index (χ3n) is 5.47. The predicted octanol–water partition coefficient (Wildman–Crippen LogP) is 3.10. The maximum absolute atomic E-state index is 13.9. The summed E-state index contributed by atoms with van der Waals surface area (Å²) >= 11 is 0. The van der Waals surface area contributed by atoms with E-state index in [1.54, 1.807) is 31.2 Å². The second-order valence-electron chi connectivity index (χ2n) is 7.38. The minimum atomic E-state index is -0.240. The van der Waals surface area contributed by atoms with Crippen molar-refractivity contribution in [2.45, 2.75) is 32.1 Å². The van der Waals surface area contributed by atoms with Crippen LogP contribution in [0.4, 0.5) is 10.2 Å². The van der Waals surface area contributed by atoms with Crippen molar-refractivity contribution in [3.8, 4) is 0 Å². The molecule has 1 N–H and O–H groups in total. The van der Waals surface area contributed by atoms with E-state index in [4.69, 9.17) is 4.52 Å². The zero-order valence-electron chi connectivity index (χ0n) is 15.2. The number of nitrogens with one attached hydrogen (secondary N) is 1. The molecule has 2 unspecified atom stereocenters. The lowest BCUT2D eigenvalue weighted by Crippen LogP contribution is -2.42. The molecule has 1 saturated carbocycles. The number of piperidine rings is 1. The highest BCUT2D eigenvalue weighted by Gasteiger charge is 2.47. The largest absolute Gasteiger partial charge is 0.360 e. The molecule has 7 heteroatoms. The van der Waals surface area contributed by atoms with Crippen LogP contribution in [0.15, 0.2) is 34.9 Å². The number of hydrogen-bond donors (Lipinski definition) is 1. The van der Waals surface area contributed by atoms with Crippen molar-refractivity contribution < 1.29 is 18.5 Å². The third kappa shape index (κ3) is 3.72. The molecule has 0 spiro atoms. The van der Waals surface area contributed by atoms with Gasteiger partial charge in [0.05, 0.1) is 0 Å². The summed E-state index contributed by atoms with van der Waals surface area (Å²) in [5.41, 5.74) is 0.632. The lowest BCUT2D eigenvalue weighted by Gasteiger charge is -2.31. The Labute approximate surface area is 156 Å². The van der Waals surface area contributed by atoms with E-state index >= 15 is 0 Å². The highest BCUT2D eigenvalue weighted by atomic mass is 19.1. The predicted molar refractivity (Wildman–Crippen MR) is 96.4 cm³/mol. The van der Waals surface area contributed by atoms with Gasteiger partial charge in [0.25, 0.3) is 0 Å². The Morgan fingerprint density at radius 1 is 1.26 bits per heavy atom. The molecule has 0 radical (unpaired) electrons. The summed E-state index contributed by atoms with van der Waals surface area (Å²) in [7, 11) is 0. The van der Waals surface area contributed by atoms with Crippen molar-refractivity contribution >= 4 is 17.6 Å². The number of rotatable bonds is 4. The van der Waals surface area contributed by atoms with Crippen LogP contribution in [0.1, 0.15) is 36.5 Å². The summed E-state index contributed by atoms with van der Waals surface area (Å²) in [6, 6.07) is 8.34. The molecule has 1 aromatic carbocycles. The molecule has 6 nitrogen and oxygen atoms in total. The second-order valence-corrected chi connectivity index (χ2v) is 7.38. The number of halogens is 1. The van der Waals surface area contributed by atoms with Crippen molar-refractivity contribution in [2.75, 3.05) is 18.4 Å². The maximum Gasteiger partial charge on any atom is 0.228 e. The number of carbonyl (C=O) groups is 2. The average Bonchev–Trinajstić information content (AvgIpc) is 3.36. The number of anilines is 1. The van der Waals surface area contributed by atoms with Gasteiger partial charge < -0.3 is 14.7 Å². The Morgan fingerprint density at radius 3 is 2.67 bits per heavy atom. The summed E-state index contributed by atoms with van der Waals surface area (Å²) in [6.07, 6.45) is 1.93. The first kappa shape index (κ1) is 17.7. The fourth-order valence-corrected chi connectivity index (χ4v) is 3.84. The van der Waals surface area contributed by atoms with Crippen LogP contribution < -0.4 is 5.32 Å². The standard InChI is InChI=1S/C20H22FN3O3/c1-12-10-18(23-27-12)22-19(25)13-6-8-24(9-7-13)20(26)16-11-15(16)14-4-2-3-5-17(14)21/h2-5,10,13,15-16H,6-9,11H2,1H3,(H,22,23,25).